The molecule has 1 unspecified atom stereocenters. The smallest absolute Gasteiger partial charge is 0.251 e. The number of ether oxygens (including phenoxy) is 1. The van der Waals surface area contributed by atoms with Crippen LogP contribution in [0, 0.1) is 0 Å². The van der Waals surface area contributed by atoms with Crippen LogP contribution >= 0.6 is 0 Å². The number of hydrogen-bond donors (Lipinski definition) is 2. The summed E-state index contributed by atoms with van der Waals surface area (Å²) in [6.07, 6.45) is 2.32. The highest BCUT2D eigenvalue weighted by atomic mass is 16.5. The number of rotatable bonds is 7. The van der Waals surface area contributed by atoms with Crippen molar-refractivity contribution in [2.75, 3.05) is 26.7 Å². The fourth-order valence-electron chi connectivity index (χ4n) is 3.46. The van der Waals surface area contributed by atoms with E-state index in [1.165, 1.54) is 6.07 Å². The lowest BCUT2D eigenvalue weighted by Crippen LogP contribution is -2.36. The number of carbonyl (C=O) groups excluding carboxylic acids is 2. The third-order valence-electron chi connectivity index (χ3n) is 4.93. The Morgan fingerprint density at radius 3 is 2.52 bits per heavy atom. The SMILES string of the molecule is COc1cccc(C(CNC(=O)c2cccc(C(N)=O)c2)N2CCCC2)c1. The van der Waals surface area contributed by atoms with Crippen molar-refractivity contribution in [2.45, 2.75) is 18.9 Å². The van der Waals surface area contributed by atoms with E-state index in [0.29, 0.717) is 17.7 Å². The van der Waals surface area contributed by atoms with Crippen molar-refractivity contribution in [3.63, 3.8) is 0 Å². The van der Waals surface area contributed by atoms with Crippen molar-refractivity contribution in [1.82, 2.24) is 10.2 Å². The Kier molecular flexibility index (Phi) is 6.08. The molecule has 0 bridgehead atoms. The number of primary amides is 1. The second-order valence-electron chi connectivity index (χ2n) is 6.69. The average Bonchev–Trinajstić information content (AvgIpc) is 3.22. The Morgan fingerprint density at radius 1 is 1.11 bits per heavy atom. The summed E-state index contributed by atoms with van der Waals surface area (Å²) in [4.78, 5) is 26.3. The van der Waals surface area contributed by atoms with Gasteiger partial charge in [-0.25, -0.2) is 0 Å². The first-order valence-electron chi connectivity index (χ1n) is 9.14. The summed E-state index contributed by atoms with van der Waals surface area (Å²) in [5.41, 5.74) is 7.17. The third kappa shape index (κ3) is 4.65. The van der Waals surface area contributed by atoms with E-state index in [2.05, 4.69) is 16.3 Å². The first-order valence-corrected chi connectivity index (χ1v) is 9.14. The number of carbonyl (C=O) groups is 2. The van der Waals surface area contributed by atoms with Crippen molar-refractivity contribution in [1.29, 1.82) is 0 Å². The molecule has 3 rings (SSSR count). The summed E-state index contributed by atoms with van der Waals surface area (Å²) in [5, 5.41) is 3.00. The quantitative estimate of drug-likeness (QED) is 0.787. The Balaban J connectivity index is 1.75. The van der Waals surface area contributed by atoms with Crippen LogP contribution in [0.2, 0.25) is 0 Å². The largest absolute Gasteiger partial charge is 0.497 e. The molecule has 0 aromatic heterocycles. The van der Waals surface area contributed by atoms with Gasteiger partial charge in [0.2, 0.25) is 5.91 Å². The van der Waals surface area contributed by atoms with E-state index in [4.69, 9.17) is 10.5 Å². The van der Waals surface area contributed by atoms with Crippen molar-refractivity contribution >= 4 is 11.8 Å². The highest BCUT2D eigenvalue weighted by Gasteiger charge is 2.24. The van der Waals surface area contributed by atoms with Crippen LogP contribution in [0.25, 0.3) is 0 Å². The molecule has 1 aliphatic rings. The van der Waals surface area contributed by atoms with Gasteiger partial charge in [0.05, 0.1) is 13.2 Å². The first-order chi connectivity index (χ1) is 13.1. The number of likely N-dealkylation sites (tertiary alicyclic amines) is 1. The van der Waals surface area contributed by atoms with E-state index < -0.39 is 5.91 Å². The molecular formula is C21H25N3O3. The highest BCUT2D eigenvalue weighted by Crippen LogP contribution is 2.27. The van der Waals surface area contributed by atoms with Crippen LogP contribution in [0.15, 0.2) is 48.5 Å². The molecule has 1 heterocycles. The van der Waals surface area contributed by atoms with E-state index in [1.807, 2.05) is 18.2 Å². The summed E-state index contributed by atoms with van der Waals surface area (Å²) in [5.74, 6) is 0.0401. The molecule has 0 spiro atoms. The van der Waals surface area contributed by atoms with Crippen molar-refractivity contribution in [3.05, 3.63) is 65.2 Å². The molecule has 142 valence electrons. The topological polar surface area (TPSA) is 84.7 Å². The van der Waals surface area contributed by atoms with Crippen LogP contribution in [0.1, 0.15) is 45.2 Å². The Labute approximate surface area is 159 Å². The summed E-state index contributed by atoms with van der Waals surface area (Å²) in [6.45, 7) is 2.50. The van der Waals surface area contributed by atoms with Crippen molar-refractivity contribution in [3.8, 4) is 5.75 Å². The van der Waals surface area contributed by atoms with Gasteiger partial charge >= 0.3 is 0 Å². The van der Waals surface area contributed by atoms with E-state index >= 15 is 0 Å². The monoisotopic (exact) mass is 367 g/mol. The maximum Gasteiger partial charge on any atom is 0.251 e. The molecule has 0 aliphatic carbocycles. The van der Waals surface area contributed by atoms with Crippen molar-refractivity contribution in [2.24, 2.45) is 5.73 Å². The molecule has 1 saturated heterocycles. The minimum absolute atomic E-state index is 0.0749. The zero-order valence-corrected chi connectivity index (χ0v) is 15.5. The Morgan fingerprint density at radius 2 is 1.81 bits per heavy atom. The van der Waals surface area contributed by atoms with E-state index in [1.54, 1.807) is 25.3 Å². The van der Waals surface area contributed by atoms with Gasteiger partial charge in [0.25, 0.3) is 5.91 Å². The van der Waals surface area contributed by atoms with Gasteiger partial charge in [-0.2, -0.15) is 0 Å². The fraction of sp³-hybridized carbons (Fsp3) is 0.333. The molecule has 2 aromatic carbocycles. The minimum Gasteiger partial charge on any atom is -0.497 e. The van der Waals surface area contributed by atoms with Crippen LogP contribution in [0.3, 0.4) is 0 Å². The lowest BCUT2D eigenvalue weighted by atomic mass is 10.0. The van der Waals surface area contributed by atoms with E-state index in [9.17, 15) is 9.59 Å². The van der Waals surface area contributed by atoms with Crippen LogP contribution in [-0.4, -0.2) is 43.5 Å². The van der Waals surface area contributed by atoms with Gasteiger partial charge in [0.1, 0.15) is 5.75 Å². The molecule has 2 amide bonds. The van der Waals surface area contributed by atoms with Gasteiger partial charge in [-0.3, -0.25) is 14.5 Å². The predicted molar refractivity (Wildman–Crippen MR) is 104 cm³/mol. The molecule has 3 N–H and O–H groups in total. The number of nitrogens with zero attached hydrogens (tertiary/aromatic N) is 1. The predicted octanol–water partition coefficient (Wildman–Crippen LogP) is 2.36. The Hall–Kier alpha value is -2.86. The average molecular weight is 367 g/mol. The molecular weight excluding hydrogens is 342 g/mol. The number of benzene rings is 2. The van der Waals surface area contributed by atoms with Crippen LogP contribution in [0.4, 0.5) is 0 Å². The fourth-order valence-corrected chi connectivity index (χ4v) is 3.46. The summed E-state index contributed by atoms with van der Waals surface area (Å²) in [7, 11) is 1.65. The van der Waals surface area contributed by atoms with Gasteiger partial charge in [0.15, 0.2) is 0 Å². The number of methoxy groups -OCH3 is 1. The standard InChI is InChI=1S/C21H25N3O3/c1-27-18-9-5-6-15(13-18)19(24-10-2-3-11-24)14-23-21(26)17-8-4-7-16(12-17)20(22)25/h4-9,12-13,19H,2-3,10-11,14H2,1H3,(H2,22,25)(H,23,26). The highest BCUT2D eigenvalue weighted by molar-refractivity contribution is 5.99. The number of amides is 2. The molecule has 1 fully saturated rings. The van der Waals surface area contributed by atoms with Crippen LogP contribution < -0.4 is 15.8 Å². The lowest BCUT2D eigenvalue weighted by molar-refractivity contribution is 0.0938. The Bertz CT molecular complexity index is 816. The summed E-state index contributed by atoms with van der Waals surface area (Å²) >= 11 is 0. The molecule has 2 aromatic rings. The molecule has 1 aliphatic heterocycles. The van der Waals surface area contributed by atoms with Crippen molar-refractivity contribution < 1.29 is 14.3 Å². The lowest BCUT2D eigenvalue weighted by Gasteiger charge is -2.28. The molecule has 6 heteroatoms. The second kappa shape index (κ2) is 8.68. The summed E-state index contributed by atoms with van der Waals surface area (Å²) in [6, 6.07) is 14.5. The number of nitrogens with one attached hydrogen (secondary N) is 1. The van der Waals surface area contributed by atoms with Gasteiger partial charge in [0, 0.05) is 17.7 Å². The number of nitrogens with two attached hydrogens (primary N) is 1. The molecule has 6 nitrogen and oxygen atoms in total. The van der Waals surface area contributed by atoms with Gasteiger partial charge in [-0.15, -0.1) is 0 Å². The van der Waals surface area contributed by atoms with Crippen LogP contribution in [0.5, 0.6) is 5.75 Å². The zero-order chi connectivity index (χ0) is 19.2. The van der Waals surface area contributed by atoms with Gasteiger partial charge in [-0.05, 0) is 61.8 Å². The second-order valence-corrected chi connectivity index (χ2v) is 6.69. The van der Waals surface area contributed by atoms with Gasteiger partial charge in [-0.1, -0.05) is 18.2 Å². The maximum absolute atomic E-state index is 12.6. The molecule has 1 atom stereocenters. The normalized spacial score (nSPS) is 15.3. The molecule has 0 saturated carbocycles. The molecule has 0 radical (unpaired) electrons. The zero-order valence-electron chi connectivity index (χ0n) is 15.5. The van der Waals surface area contributed by atoms with E-state index in [-0.39, 0.29) is 11.9 Å². The summed E-state index contributed by atoms with van der Waals surface area (Å²) < 4.78 is 5.35. The number of hydrogen-bond acceptors (Lipinski definition) is 4. The third-order valence-corrected chi connectivity index (χ3v) is 4.93. The van der Waals surface area contributed by atoms with E-state index in [0.717, 1.165) is 37.2 Å². The maximum atomic E-state index is 12.6. The minimum atomic E-state index is -0.545. The van der Waals surface area contributed by atoms with Crippen LogP contribution in [-0.2, 0) is 0 Å². The first kappa shape index (κ1) is 18.9. The van der Waals surface area contributed by atoms with Gasteiger partial charge < -0.3 is 15.8 Å². The molecule has 27 heavy (non-hydrogen) atoms.